The molecule has 5 aliphatic heterocycles. The number of rotatable bonds is 13. The van der Waals surface area contributed by atoms with Crippen LogP contribution in [0.1, 0.15) is 39.5 Å². The second-order valence-corrected chi connectivity index (χ2v) is 14.7. The van der Waals surface area contributed by atoms with Gasteiger partial charge in [0.15, 0.2) is 12.6 Å². The van der Waals surface area contributed by atoms with Gasteiger partial charge in [0, 0.05) is 19.8 Å². The van der Waals surface area contributed by atoms with E-state index >= 15 is 0 Å². The normalized spacial score (nSPS) is 46.2. The first-order chi connectivity index (χ1) is 25.8. The minimum Gasteiger partial charge on any atom is -0.477 e. The predicted octanol–water partition coefficient (Wildman–Crippen LogP) is -7.69. The maximum atomic E-state index is 13.8. The van der Waals surface area contributed by atoms with E-state index in [0.717, 1.165) is 6.92 Å². The van der Waals surface area contributed by atoms with Gasteiger partial charge in [-0.3, -0.25) is 9.59 Å². The second-order valence-electron chi connectivity index (χ2n) is 14.7. The highest BCUT2D eigenvalue weighted by atomic mass is 16.8. The molecular weight excluding hydrogens is 748 g/mol. The molecule has 55 heavy (non-hydrogen) atoms. The van der Waals surface area contributed by atoms with E-state index in [1.54, 1.807) is 0 Å². The summed E-state index contributed by atoms with van der Waals surface area (Å²) in [5.74, 6) is -6.33. The molecule has 0 aromatic carbocycles. The van der Waals surface area contributed by atoms with E-state index in [9.17, 15) is 75.7 Å². The quantitative estimate of drug-likeness (QED) is 0.0822. The van der Waals surface area contributed by atoms with Crippen molar-refractivity contribution >= 4 is 17.8 Å². The highest BCUT2D eigenvalue weighted by molar-refractivity contribution is 5.83. The molecule has 5 saturated heterocycles. The lowest BCUT2D eigenvalue weighted by Gasteiger charge is -2.50. The lowest BCUT2D eigenvalue weighted by atomic mass is 9.88. The molecule has 13 N–H and O–H groups in total. The van der Waals surface area contributed by atoms with Crippen LogP contribution in [0.3, 0.4) is 0 Å². The molecule has 5 rings (SSSR count). The van der Waals surface area contributed by atoms with E-state index < -0.39 is 159 Å². The number of hydrogen-bond acceptors (Lipinski definition) is 20. The molecule has 2 amide bonds. The molecule has 23 nitrogen and oxygen atoms in total. The fourth-order valence-electron chi connectivity index (χ4n) is 7.85. The fourth-order valence-corrected chi connectivity index (χ4v) is 7.85. The number of fused-ring (bicyclic) bond motifs is 1. The molecule has 5 aliphatic rings. The van der Waals surface area contributed by atoms with E-state index in [2.05, 4.69) is 5.32 Å². The summed E-state index contributed by atoms with van der Waals surface area (Å²) < 4.78 is 33.8. The van der Waals surface area contributed by atoms with Gasteiger partial charge in [-0.15, -0.1) is 0 Å². The smallest absolute Gasteiger partial charge is 0.364 e. The second kappa shape index (κ2) is 17.7. The van der Waals surface area contributed by atoms with E-state index in [1.807, 2.05) is 0 Å². The molecular formula is C32H52N2O21. The van der Waals surface area contributed by atoms with Gasteiger partial charge in [0.1, 0.15) is 67.1 Å². The van der Waals surface area contributed by atoms with Crippen LogP contribution in [0.25, 0.3) is 0 Å². The van der Waals surface area contributed by atoms with E-state index in [0.29, 0.717) is 12.8 Å². The number of nitrogens with one attached hydrogen (secondary N) is 1. The highest BCUT2D eigenvalue weighted by Crippen LogP contribution is 2.39. The topological polar surface area (TPSA) is 365 Å². The third-order valence-corrected chi connectivity index (χ3v) is 10.9. The Labute approximate surface area is 313 Å². The number of aliphatic hydroxyl groups is 11. The first kappa shape index (κ1) is 43.8. The van der Waals surface area contributed by atoms with Crippen molar-refractivity contribution in [1.82, 2.24) is 10.2 Å². The van der Waals surface area contributed by atoms with Crippen molar-refractivity contribution in [2.45, 2.75) is 161 Å². The third-order valence-electron chi connectivity index (χ3n) is 10.9. The number of carbonyl (C=O) groups excluding carboxylic acids is 2. The van der Waals surface area contributed by atoms with Gasteiger partial charge in [-0.25, -0.2) is 4.79 Å². The molecule has 0 aliphatic carbocycles. The standard InChI is InChI=1S/C32H52N2O21/c1-10-20(41)22(43)24(45)29(51-10)50-9-12-3-4-13-14(38)5-17(28(47)34(12)13)52-30-25(46)23(44)26(18(8-36)53-30)54-32(31(48)49)6-15(39)19(33-11(2)37)27(55-32)21(42)16(40)7-35/h10,12-27,29-30,35-36,38-46H,3-9H2,1-2H3,(H,33,37)(H,48,49)/t10-,12-,13-,14-,15-,16+,17-,18+,19+,20+,21+,22+,23+,24+,25+,26-,27+,29+,30+,32-/m0/s1. The number of carboxylic acids is 1. The minimum absolute atomic E-state index is 0.212. The van der Waals surface area contributed by atoms with Crippen LogP contribution in [0.4, 0.5) is 0 Å². The van der Waals surface area contributed by atoms with Crippen molar-refractivity contribution in [1.29, 1.82) is 0 Å². The van der Waals surface area contributed by atoms with Crippen LogP contribution in [-0.4, -0.2) is 226 Å². The zero-order valence-corrected chi connectivity index (χ0v) is 29.9. The number of piperidine rings is 1. The van der Waals surface area contributed by atoms with Crippen LogP contribution in [0.2, 0.25) is 0 Å². The summed E-state index contributed by atoms with van der Waals surface area (Å²) in [6.07, 6.45) is -27.5. The zero-order valence-electron chi connectivity index (χ0n) is 29.9. The van der Waals surface area contributed by atoms with Gasteiger partial charge in [-0.2, -0.15) is 0 Å². The number of aliphatic carboxylic acids is 1. The Morgan fingerprint density at radius 1 is 0.945 bits per heavy atom. The van der Waals surface area contributed by atoms with Crippen LogP contribution in [-0.2, 0) is 42.8 Å². The molecule has 316 valence electrons. The monoisotopic (exact) mass is 800 g/mol. The average molecular weight is 801 g/mol. The van der Waals surface area contributed by atoms with Crippen molar-refractivity contribution in [3.05, 3.63) is 0 Å². The first-order valence-corrected chi connectivity index (χ1v) is 18.0. The Morgan fingerprint density at radius 2 is 1.62 bits per heavy atom. The van der Waals surface area contributed by atoms with Gasteiger partial charge in [0.05, 0.1) is 56.3 Å². The number of carboxylic acid groups (broad SMARTS) is 1. The van der Waals surface area contributed by atoms with E-state index in [4.69, 9.17) is 28.4 Å². The maximum absolute atomic E-state index is 13.8. The summed E-state index contributed by atoms with van der Waals surface area (Å²) in [5, 5.41) is 128. The van der Waals surface area contributed by atoms with Gasteiger partial charge in [-0.05, 0) is 19.8 Å². The van der Waals surface area contributed by atoms with E-state index in [-0.39, 0.29) is 13.0 Å². The first-order valence-electron chi connectivity index (χ1n) is 18.0. The van der Waals surface area contributed by atoms with Gasteiger partial charge in [-0.1, -0.05) is 0 Å². The summed E-state index contributed by atoms with van der Waals surface area (Å²) in [4.78, 5) is 39.6. The minimum atomic E-state index is -2.98. The Morgan fingerprint density at radius 3 is 2.24 bits per heavy atom. The molecule has 0 bridgehead atoms. The zero-order chi connectivity index (χ0) is 40.7. The Bertz CT molecular complexity index is 1350. The fraction of sp³-hybridized carbons (Fsp3) is 0.906. The summed E-state index contributed by atoms with van der Waals surface area (Å²) in [6, 6.07) is -2.88. The largest absolute Gasteiger partial charge is 0.477 e. The summed E-state index contributed by atoms with van der Waals surface area (Å²) >= 11 is 0. The van der Waals surface area contributed by atoms with E-state index in [1.165, 1.54) is 11.8 Å². The number of aliphatic hydroxyl groups excluding tert-OH is 11. The number of amides is 2. The Hall–Kier alpha value is -2.27. The number of nitrogens with zero attached hydrogens (tertiary/aromatic N) is 1. The lowest BCUT2D eigenvalue weighted by molar-refractivity contribution is -0.371. The highest BCUT2D eigenvalue weighted by Gasteiger charge is 2.60. The van der Waals surface area contributed by atoms with Gasteiger partial charge < -0.3 is 99.9 Å². The molecule has 0 radical (unpaired) electrons. The van der Waals surface area contributed by atoms with Crippen LogP contribution in [0, 0.1) is 0 Å². The van der Waals surface area contributed by atoms with Gasteiger partial charge in [0.2, 0.25) is 5.91 Å². The van der Waals surface area contributed by atoms with Crippen molar-refractivity contribution in [3.8, 4) is 0 Å². The number of carbonyl (C=O) groups is 3. The molecule has 0 unspecified atom stereocenters. The average Bonchev–Trinajstić information content (AvgIpc) is 3.58. The summed E-state index contributed by atoms with van der Waals surface area (Å²) in [6.45, 7) is 0.261. The van der Waals surface area contributed by atoms with Crippen molar-refractivity contribution in [3.63, 3.8) is 0 Å². The van der Waals surface area contributed by atoms with Crippen LogP contribution in [0.15, 0.2) is 0 Å². The molecule has 20 atom stereocenters. The van der Waals surface area contributed by atoms with Crippen molar-refractivity contribution in [2.24, 2.45) is 0 Å². The molecule has 23 heteroatoms. The van der Waals surface area contributed by atoms with Crippen LogP contribution in [0.5, 0.6) is 0 Å². The SMILES string of the molecule is CC(=O)N[C@H]1[C@H]([C@H](O)[C@H](O)CO)O[C@](O[C@@H]2[C@H](O)[C@@H](O)[C@H](O[C@H]3C[C@H](O)[C@@H]4CC[C@@H](CO[C@@H]5O[C@@H](C)[C@@H](O)[C@@H](O)[C@H]5O)N4C3=O)O[C@@H]2CO)(C(=O)O)C[C@@H]1O. The van der Waals surface area contributed by atoms with Gasteiger partial charge in [0.25, 0.3) is 11.7 Å². The molecule has 0 saturated carbocycles. The number of hydrogen-bond donors (Lipinski definition) is 13. The van der Waals surface area contributed by atoms with Crippen LogP contribution >= 0.6 is 0 Å². The molecule has 5 fully saturated rings. The Kier molecular flexibility index (Phi) is 14.1. The predicted molar refractivity (Wildman–Crippen MR) is 173 cm³/mol. The maximum Gasteiger partial charge on any atom is 0.364 e. The van der Waals surface area contributed by atoms with Crippen molar-refractivity contribution < 1.29 is 104 Å². The molecule has 0 spiro atoms. The molecule has 0 aromatic rings. The van der Waals surface area contributed by atoms with Crippen molar-refractivity contribution in [2.75, 3.05) is 19.8 Å². The Balaban J connectivity index is 1.29. The number of ether oxygens (including phenoxy) is 6. The third kappa shape index (κ3) is 8.78. The summed E-state index contributed by atoms with van der Waals surface area (Å²) in [7, 11) is 0. The summed E-state index contributed by atoms with van der Waals surface area (Å²) in [5.41, 5.74) is 0. The lowest BCUT2D eigenvalue weighted by Crippen LogP contribution is -2.70. The molecule has 5 heterocycles. The molecule has 0 aromatic heterocycles. The van der Waals surface area contributed by atoms with Gasteiger partial charge >= 0.3 is 5.97 Å². The van der Waals surface area contributed by atoms with Crippen LogP contribution < -0.4 is 5.32 Å².